The van der Waals surface area contributed by atoms with Gasteiger partial charge in [-0.2, -0.15) is 0 Å². The number of hydrogen-bond acceptors (Lipinski definition) is 6. The third-order valence-electron chi connectivity index (χ3n) is 3.97. The number of fused-ring (bicyclic) bond motifs is 1. The molecule has 0 fully saturated rings. The van der Waals surface area contributed by atoms with Crippen molar-refractivity contribution in [2.75, 3.05) is 6.54 Å². The first-order valence-corrected chi connectivity index (χ1v) is 7.02. The van der Waals surface area contributed by atoms with Gasteiger partial charge in [0.1, 0.15) is 11.4 Å². The Labute approximate surface area is 127 Å². The molecule has 0 spiro atoms. The highest BCUT2D eigenvalue weighted by Gasteiger charge is 2.22. The minimum Gasteiger partial charge on any atom is -0.506 e. The van der Waals surface area contributed by atoms with Crippen molar-refractivity contribution in [1.82, 2.24) is 5.32 Å². The summed E-state index contributed by atoms with van der Waals surface area (Å²) in [5.41, 5.74) is 2.79. The first-order valence-electron chi connectivity index (χ1n) is 7.02. The summed E-state index contributed by atoms with van der Waals surface area (Å²) in [6.07, 6.45) is 1.36. The number of phenolic OH excluding ortho intramolecular Hbond substituents is 3. The molecule has 6 heteroatoms. The van der Waals surface area contributed by atoms with Crippen LogP contribution in [0.5, 0.6) is 17.2 Å². The van der Waals surface area contributed by atoms with Gasteiger partial charge >= 0.3 is 0 Å². The smallest absolute Gasteiger partial charge is 0.157 e. The van der Waals surface area contributed by atoms with Gasteiger partial charge in [-0.1, -0.05) is 6.07 Å². The van der Waals surface area contributed by atoms with Gasteiger partial charge < -0.3 is 20.6 Å². The summed E-state index contributed by atoms with van der Waals surface area (Å²) >= 11 is 0. The summed E-state index contributed by atoms with van der Waals surface area (Å²) in [7, 11) is 0. The molecule has 2 aromatic rings. The minimum absolute atomic E-state index is 0.0170. The fraction of sp³-hybridized carbons (Fsp3) is 0.250. The minimum atomic E-state index is -0.143. The molecule has 114 valence electrons. The van der Waals surface area contributed by atoms with Crippen LogP contribution in [0.2, 0.25) is 0 Å². The zero-order valence-corrected chi connectivity index (χ0v) is 11.8. The highest BCUT2D eigenvalue weighted by atomic mass is 16.3. The molecular weight excluding hydrogens is 284 g/mol. The Kier molecular flexibility index (Phi) is 3.68. The van der Waals surface area contributed by atoms with Crippen LogP contribution >= 0.6 is 0 Å². The van der Waals surface area contributed by atoms with E-state index in [1.54, 1.807) is 18.2 Å². The average Bonchev–Trinajstić information content (AvgIpc) is 2.49. The maximum atomic E-state index is 10.5. The van der Waals surface area contributed by atoms with Crippen LogP contribution < -0.4 is 5.32 Å². The molecule has 0 aromatic heterocycles. The van der Waals surface area contributed by atoms with Crippen molar-refractivity contribution < 1.29 is 15.3 Å². The van der Waals surface area contributed by atoms with Crippen LogP contribution in [0.4, 0.5) is 5.69 Å². The molecule has 4 N–H and O–H groups in total. The highest BCUT2D eigenvalue weighted by molar-refractivity contribution is 5.53. The van der Waals surface area contributed by atoms with Gasteiger partial charge in [-0.25, -0.2) is 0 Å². The standard InChI is InChI=1S/C16H16N2O4/c19-14-6-9(1-2-12(14)18-22)5-13-11-8-16(21)15(20)7-10(11)3-4-17-13/h1-2,6-8,13,17,19-21H,3-5H2. The quantitative estimate of drug-likeness (QED) is 0.515. The molecule has 1 atom stereocenters. The van der Waals surface area contributed by atoms with E-state index in [0.29, 0.717) is 6.42 Å². The number of nitrogens with one attached hydrogen (secondary N) is 1. The van der Waals surface area contributed by atoms with E-state index in [1.165, 1.54) is 12.1 Å². The number of phenols is 3. The molecule has 1 heterocycles. The van der Waals surface area contributed by atoms with E-state index in [4.69, 9.17) is 0 Å². The van der Waals surface area contributed by atoms with Gasteiger partial charge in [0.15, 0.2) is 11.5 Å². The van der Waals surface area contributed by atoms with Gasteiger partial charge in [0.05, 0.1) is 0 Å². The summed E-state index contributed by atoms with van der Waals surface area (Å²) in [5, 5.41) is 35.1. The molecule has 0 bridgehead atoms. The number of nitroso groups, excluding NO2 is 1. The maximum Gasteiger partial charge on any atom is 0.157 e. The van der Waals surface area contributed by atoms with E-state index in [2.05, 4.69) is 10.5 Å². The zero-order valence-electron chi connectivity index (χ0n) is 11.8. The Morgan fingerprint density at radius 3 is 2.59 bits per heavy atom. The van der Waals surface area contributed by atoms with Crippen molar-refractivity contribution in [3.63, 3.8) is 0 Å². The van der Waals surface area contributed by atoms with Crippen molar-refractivity contribution in [2.45, 2.75) is 18.9 Å². The topological polar surface area (TPSA) is 102 Å². The Morgan fingerprint density at radius 2 is 1.86 bits per heavy atom. The van der Waals surface area contributed by atoms with Crippen molar-refractivity contribution in [2.24, 2.45) is 5.18 Å². The summed E-state index contributed by atoms with van der Waals surface area (Å²) in [6, 6.07) is 7.87. The van der Waals surface area contributed by atoms with Crippen molar-refractivity contribution in [1.29, 1.82) is 0 Å². The van der Waals surface area contributed by atoms with Gasteiger partial charge in [0.25, 0.3) is 0 Å². The Balaban J connectivity index is 1.90. The fourth-order valence-corrected chi connectivity index (χ4v) is 2.86. The van der Waals surface area contributed by atoms with Crippen LogP contribution in [0.1, 0.15) is 22.7 Å². The normalized spacial score (nSPS) is 17.0. The van der Waals surface area contributed by atoms with Gasteiger partial charge in [-0.15, -0.1) is 4.91 Å². The summed E-state index contributed by atoms with van der Waals surface area (Å²) < 4.78 is 0. The molecule has 3 rings (SSSR count). The molecule has 6 nitrogen and oxygen atoms in total. The SMILES string of the molecule is O=Nc1ccc(CC2NCCc3cc(O)c(O)cc32)cc1O. The number of nitrogens with zero attached hydrogens (tertiary/aromatic N) is 1. The highest BCUT2D eigenvalue weighted by Crippen LogP contribution is 2.35. The van der Waals surface area contributed by atoms with E-state index >= 15 is 0 Å². The number of rotatable bonds is 3. The molecule has 22 heavy (non-hydrogen) atoms. The first-order chi connectivity index (χ1) is 10.6. The molecule has 0 amide bonds. The van der Waals surface area contributed by atoms with E-state index in [-0.39, 0.29) is 29.0 Å². The molecule has 2 aromatic carbocycles. The molecule has 1 unspecified atom stereocenters. The Hall–Kier alpha value is -2.60. The van der Waals surface area contributed by atoms with Crippen LogP contribution in [-0.4, -0.2) is 21.9 Å². The molecule has 0 aliphatic carbocycles. The Bertz CT molecular complexity index is 730. The maximum absolute atomic E-state index is 10.5. The summed E-state index contributed by atoms with van der Waals surface area (Å²) in [4.78, 5) is 10.5. The first kappa shape index (κ1) is 14.3. The van der Waals surface area contributed by atoms with Gasteiger partial charge in [-0.3, -0.25) is 0 Å². The van der Waals surface area contributed by atoms with Crippen LogP contribution in [-0.2, 0) is 12.8 Å². The number of hydrogen-bond donors (Lipinski definition) is 4. The second-order valence-corrected chi connectivity index (χ2v) is 5.41. The second kappa shape index (κ2) is 5.65. The number of benzene rings is 2. The monoisotopic (exact) mass is 300 g/mol. The lowest BCUT2D eigenvalue weighted by Crippen LogP contribution is -2.31. The van der Waals surface area contributed by atoms with E-state index in [0.717, 1.165) is 29.7 Å². The van der Waals surface area contributed by atoms with Crippen molar-refractivity contribution in [3.05, 3.63) is 51.9 Å². The molecule has 0 saturated heterocycles. The average molecular weight is 300 g/mol. The van der Waals surface area contributed by atoms with Crippen LogP contribution in [0.15, 0.2) is 35.5 Å². The van der Waals surface area contributed by atoms with E-state index in [1.807, 2.05) is 0 Å². The van der Waals surface area contributed by atoms with Crippen LogP contribution in [0.25, 0.3) is 0 Å². The van der Waals surface area contributed by atoms with Gasteiger partial charge in [0.2, 0.25) is 0 Å². The van der Waals surface area contributed by atoms with Crippen molar-refractivity contribution in [3.8, 4) is 17.2 Å². The molecule has 1 aliphatic rings. The third-order valence-corrected chi connectivity index (χ3v) is 3.97. The molecule has 0 saturated carbocycles. The summed E-state index contributed by atoms with van der Waals surface area (Å²) in [6.45, 7) is 0.766. The lowest BCUT2D eigenvalue weighted by Gasteiger charge is -2.27. The van der Waals surface area contributed by atoms with Gasteiger partial charge in [-0.05, 0) is 65.5 Å². The van der Waals surface area contributed by atoms with E-state index < -0.39 is 0 Å². The Morgan fingerprint density at radius 1 is 1.09 bits per heavy atom. The van der Waals surface area contributed by atoms with Crippen LogP contribution in [0, 0.1) is 4.91 Å². The molecular formula is C16H16N2O4. The lowest BCUT2D eigenvalue weighted by atomic mass is 9.90. The fourth-order valence-electron chi connectivity index (χ4n) is 2.86. The van der Waals surface area contributed by atoms with Gasteiger partial charge in [0, 0.05) is 6.04 Å². The predicted octanol–water partition coefficient (Wildman–Crippen LogP) is 2.63. The van der Waals surface area contributed by atoms with Crippen LogP contribution in [0.3, 0.4) is 0 Å². The third kappa shape index (κ3) is 2.60. The van der Waals surface area contributed by atoms with Crippen molar-refractivity contribution >= 4 is 5.69 Å². The summed E-state index contributed by atoms with van der Waals surface area (Å²) in [5.74, 6) is -0.397. The number of aromatic hydroxyl groups is 3. The molecule has 0 radical (unpaired) electrons. The lowest BCUT2D eigenvalue weighted by molar-refractivity contribution is 0.398. The predicted molar refractivity (Wildman–Crippen MR) is 81.5 cm³/mol. The largest absolute Gasteiger partial charge is 0.506 e. The molecule has 1 aliphatic heterocycles. The van der Waals surface area contributed by atoms with E-state index in [9.17, 15) is 20.2 Å². The second-order valence-electron chi connectivity index (χ2n) is 5.41. The zero-order chi connectivity index (χ0) is 15.7.